The summed E-state index contributed by atoms with van der Waals surface area (Å²) in [6.45, 7) is 3.45. The number of hydrogen-bond acceptors (Lipinski definition) is 4. The van der Waals surface area contributed by atoms with Crippen molar-refractivity contribution >= 4 is 11.6 Å². The highest BCUT2D eigenvalue weighted by molar-refractivity contribution is 5.95. The first-order valence-electron chi connectivity index (χ1n) is 8.73. The molecule has 0 radical (unpaired) electrons. The Labute approximate surface area is 149 Å². The van der Waals surface area contributed by atoms with Gasteiger partial charge in [-0.25, -0.2) is 0 Å². The van der Waals surface area contributed by atoms with Crippen LogP contribution < -0.4 is 10.6 Å². The molecule has 5 nitrogen and oxygen atoms in total. The van der Waals surface area contributed by atoms with Crippen molar-refractivity contribution in [1.29, 1.82) is 0 Å². The third-order valence-electron chi connectivity index (χ3n) is 4.96. The van der Waals surface area contributed by atoms with Gasteiger partial charge in [0.15, 0.2) is 0 Å². The Balaban J connectivity index is 1.83. The molecule has 25 heavy (non-hydrogen) atoms. The molecule has 1 aromatic heterocycles. The van der Waals surface area contributed by atoms with Crippen molar-refractivity contribution in [3.05, 3.63) is 48.3 Å². The number of amides is 1. The Bertz CT molecular complexity index is 742. The van der Waals surface area contributed by atoms with Gasteiger partial charge in [-0.1, -0.05) is 12.1 Å². The predicted octanol–water partition coefficient (Wildman–Crippen LogP) is 2.62. The Morgan fingerprint density at radius 3 is 2.56 bits per heavy atom. The van der Waals surface area contributed by atoms with Gasteiger partial charge in [0.05, 0.1) is 5.56 Å². The Morgan fingerprint density at radius 2 is 1.96 bits per heavy atom. The Morgan fingerprint density at radius 1 is 1.24 bits per heavy atom. The van der Waals surface area contributed by atoms with Crippen molar-refractivity contribution in [1.82, 2.24) is 9.88 Å². The largest absolute Gasteiger partial charge is 0.378 e. The summed E-state index contributed by atoms with van der Waals surface area (Å²) in [6.07, 6.45) is 4.43. The predicted molar refractivity (Wildman–Crippen MR) is 102 cm³/mol. The van der Waals surface area contributed by atoms with Gasteiger partial charge in [0, 0.05) is 50.3 Å². The maximum atomic E-state index is 12.9. The average Bonchev–Trinajstić information content (AvgIpc) is 3.02. The molecule has 0 saturated carbocycles. The summed E-state index contributed by atoms with van der Waals surface area (Å²) in [5.74, 6) is 0.441. The van der Waals surface area contributed by atoms with E-state index in [-0.39, 0.29) is 11.9 Å². The Hall–Kier alpha value is -2.40. The van der Waals surface area contributed by atoms with Crippen molar-refractivity contribution in [2.75, 3.05) is 32.1 Å². The molecule has 2 heterocycles. The molecule has 0 bridgehead atoms. The van der Waals surface area contributed by atoms with E-state index in [1.807, 2.05) is 25.1 Å². The molecule has 2 aromatic rings. The molecule has 3 rings (SSSR count). The number of carbonyl (C=O) groups is 1. The fourth-order valence-corrected chi connectivity index (χ4v) is 3.43. The lowest BCUT2D eigenvalue weighted by Crippen LogP contribution is -2.34. The number of likely N-dealkylation sites (tertiary alicyclic amines) is 1. The minimum absolute atomic E-state index is 0.0442. The van der Waals surface area contributed by atoms with Gasteiger partial charge >= 0.3 is 0 Å². The molecule has 1 amide bonds. The molecular formula is C20H26N4O. The second kappa shape index (κ2) is 7.23. The van der Waals surface area contributed by atoms with E-state index >= 15 is 0 Å². The summed E-state index contributed by atoms with van der Waals surface area (Å²) in [5, 5.41) is 0. The molecule has 2 atom stereocenters. The molecule has 2 unspecified atom stereocenters. The lowest BCUT2D eigenvalue weighted by Gasteiger charge is -2.21. The number of pyridine rings is 1. The van der Waals surface area contributed by atoms with Crippen LogP contribution in [0.5, 0.6) is 0 Å². The van der Waals surface area contributed by atoms with Crippen LogP contribution in [0.2, 0.25) is 0 Å². The third kappa shape index (κ3) is 3.66. The molecule has 5 heteroatoms. The number of hydrogen-bond donors (Lipinski definition) is 1. The van der Waals surface area contributed by atoms with E-state index in [0.29, 0.717) is 18.0 Å². The van der Waals surface area contributed by atoms with Crippen LogP contribution in [0.25, 0.3) is 11.1 Å². The van der Waals surface area contributed by atoms with E-state index < -0.39 is 0 Å². The van der Waals surface area contributed by atoms with Crippen molar-refractivity contribution in [2.24, 2.45) is 11.7 Å². The number of nitrogens with two attached hydrogens (primary N) is 1. The van der Waals surface area contributed by atoms with E-state index in [2.05, 4.69) is 41.1 Å². The van der Waals surface area contributed by atoms with Gasteiger partial charge in [-0.3, -0.25) is 9.78 Å². The van der Waals surface area contributed by atoms with E-state index in [0.717, 1.165) is 29.8 Å². The van der Waals surface area contributed by atoms with Crippen LogP contribution in [0.4, 0.5) is 5.69 Å². The maximum Gasteiger partial charge on any atom is 0.255 e. The second-order valence-electron chi connectivity index (χ2n) is 7.05. The van der Waals surface area contributed by atoms with Gasteiger partial charge in [0.2, 0.25) is 0 Å². The van der Waals surface area contributed by atoms with E-state index in [9.17, 15) is 4.79 Å². The number of carbonyl (C=O) groups excluding carboxylic acids is 1. The van der Waals surface area contributed by atoms with Gasteiger partial charge in [0.25, 0.3) is 5.91 Å². The summed E-state index contributed by atoms with van der Waals surface area (Å²) in [6, 6.07) is 10.4. The normalized spacial score (nSPS) is 19.9. The molecule has 2 N–H and O–H groups in total. The van der Waals surface area contributed by atoms with Gasteiger partial charge < -0.3 is 15.5 Å². The Kier molecular flexibility index (Phi) is 5.04. The summed E-state index contributed by atoms with van der Waals surface area (Å²) < 4.78 is 0. The van der Waals surface area contributed by atoms with Crippen molar-refractivity contribution in [3.63, 3.8) is 0 Å². The number of aromatic nitrogens is 1. The smallest absolute Gasteiger partial charge is 0.255 e. The zero-order valence-electron chi connectivity index (χ0n) is 15.1. The van der Waals surface area contributed by atoms with Crippen LogP contribution in [0.15, 0.2) is 42.7 Å². The zero-order chi connectivity index (χ0) is 18.0. The number of nitrogens with zero attached hydrogens (tertiary/aromatic N) is 3. The van der Waals surface area contributed by atoms with E-state index in [1.165, 1.54) is 0 Å². The minimum atomic E-state index is 0.0442. The van der Waals surface area contributed by atoms with Crippen LogP contribution in [0.1, 0.15) is 23.7 Å². The lowest BCUT2D eigenvalue weighted by atomic mass is 10.0. The minimum Gasteiger partial charge on any atom is -0.378 e. The van der Waals surface area contributed by atoms with Crippen LogP contribution in [0, 0.1) is 5.92 Å². The van der Waals surface area contributed by atoms with Crippen molar-refractivity contribution < 1.29 is 4.79 Å². The fourth-order valence-electron chi connectivity index (χ4n) is 3.43. The molecule has 1 aromatic carbocycles. The monoisotopic (exact) mass is 338 g/mol. The number of anilines is 1. The van der Waals surface area contributed by atoms with Crippen LogP contribution in [0.3, 0.4) is 0 Å². The molecule has 0 aliphatic carbocycles. The highest BCUT2D eigenvalue weighted by Gasteiger charge is 2.32. The van der Waals surface area contributed by atoms with Gasteiger partial charge in [-0.15, -0.1) is 0 Å². The highest BCUT2D eigenvalue weighted by Crippen LogP contribution is 2.26. The molecule has 0 spiro atoms. The summed E-state index contributed by atoms with van der Waals surface area (Å²) in [7, 11) is 4.03. The lowest BCUT2D eigenvalue weighted by molar-refractivity contribution is 0.0743. The van der Waals surface area contributed by atoms with Crippen LogP contribution in [-0.2, 0) is 0 Å². The average molecular weight is 338 g/mol. The fraction of sp³-hybridized carbons (Fsp3) is 0.400. The molecule has 132 valence electrons. The van der Waals surface area contributed by atoms with E-state index in [1.54, 1.807) is 12.4 Å². The molecule has 1 fully saturated rings. The van der Waals surface area contributed by atoms with Gasteiger partial charge in [-0.05, 0) is 49.6 Å². The standard InChI is InChI=1S/C20H26N4O/c1-14-8-15(10-21)13-24(14)20(25)18-9-17(11-22-12-18)16-4-6-19(7-5-16)23(2)3/h4-7,9,11-12,14-15H,8,10,13,21H2,1-3H3. The first kappa shape index (κ1) is 17.4. The zero-order valence-corrected chi connectivity index (χ0v) is 15.1. The molecule has 1 aliphatic heterocycles. The van der Waals surface area contributed by atoms with Gasteiger partial charge in [-0.2, -0.15) is 0 Å². The SMILES string of the molecule is CC1CC(CN)CN1C(=O)c1cncc(-c2ccc(N(C)C)cc2)c1. The first-order valence-corrected chi connectivity index (χ1v) is 8.73. The first-order chi connectivity index (χ1) is 12.0. The number of rotatable bonds is 4. The third-order valence-corrected chi connectivity index (χ3v) is 4.96. The van der Waals surface area contributed by atoms with Crippen molar-refractivity contribution in [3.8, 4) is 11.1 Å². The molecular weight excluding hydrogens is 312 g/mol. The molecule has 1 saturated heterocycles. The summed E-state index contributed by atoms with van der Waals surface area (Å²) in [4.78, 5) is 21.2. The van der Waals surface area contributed by atoms with Crippen LogP contribution in [-0.4, -0.2) is 49.0 Å². The van der Waals surface area contributed by atoms with Gasteiger partial charge in [0.1, 0.15) is 0 Å². The van der Waals surface area contributed by atoms with E-state index in [4.69, 9.17) is 5.73 Å². The molecule has 1 aliphatic rings. The maximum absolute atomic E-state index is 12.9. The highest BCUT2D eigenvalue weighted by atomic mass is 16.2. The summed E-state index contributed by atoms with van der Waals surface area (Å²) in [5.41, 5.74) is 9.57. The topological polar surface area (TPSA) is 62.5 Å². The number of benzene rings is 1. The summed E-state index contributed by atoms with van der Waals surface area (Å²) >= 11 is 0. The second-order valence-corrected chi connectivity index (χ2v) is 7.05. The van der Waals surface area contributed by atoms with Crippen molar-refractivity contribution in [2.45, 2.75) is 19.4 Å². The van der Waals surface area contributed by atoms with Crippen LogP contribution >= 0.6 is 0 Å². The quantitative estimate of drug-likeness (QED) is 0.931.